The topological polar surface area (TPSA) is 133 Å². The van der Waals surface area contributed by atoms with Gasteiger partial charge in [0.05, 0.1) is 18.6 Å². The van der Waals surface area contributed by atoms with Gasteiger partial charge in [0.1, 0.15) is 10.6 Å². The molecular weight excluding hydrogens is 382 g/mol. The van der Waals surface area contributed by atoms with Gasteiger partial charge in [-0.1, -0.05) is 0 Å². The summed E-state index contributed by atoms with van der Waals surface area (Å²) >= 11 is 0. The molecule has 142 valence electrons. The molecule has 3 rings (SSSR count). The highest BCUT2D eigenvalue weighted by atomic mass is 32.2. The van der Waals surface area contributed by atoms with Crippen molar-refractivity contribution < 1.29 is 21.6 Å². The Hall–Kier alpha value is -2.05. The van der Waals surface area contributed by atoms with Gasteiger partial charge in [-0.2, -0.15) is 0 Å². The highest BCUT2D eigenvalue weighted by Crippen LogP contribution is 2.29. The standard InChI is InChI=1S/C14H19N5O5S2/c1-3-19-14(15-17-18-19)10-4-5-12(24-2)13(8-10)26(22,23)16-11-6-7-25(20,21)9-11/h4-5,8,11,16H,3,6-7,9H2,1-2H3/t11-/m0/s1. The van der Waals surface area contributed by atoms with E-state index >= 15 is 0 Å². The van der Waals surface area contributed by atoms with Gasteiger partial charge in [-0.25, -0.2) is 26.2 Å². The molecule has 10 nitrogen and oxygen atoms in total. The fourth-order valence-electron chi connectivity index (χ4n) is 2.82. The first kappa shape index (κ1) is 18.7. The van der Waals surface area contributed by atoms with Crippen molar-refractivity contribution in [3.8, 4) is 17.1 Å². The van der Waals surface area contributed by atoms with Gasteiger partial charge in [-0.3, -0.25) is 0 Å². The lowest BCUT2D eigenvalue weighted by Crippen LogP contribution is -2.35. The van der Waals surface area contributed by atoms with Gasteiger partial charge in [0, 0.05) is 18.2 Å². The van der Waals surface area contributed by atoms with Crippen molar-refractivity contribution >= 4 is 19.9 Å². The minimum Gasteiger partial charge on any atom is -0.495 e. The maximum atomic E-state index is 12.8. The van der Waals surface area contributed by atoms with Crippen LogP contribution < -0.4 is 9.46 Å². The zero-order valence-corrected chi connectivity index (χ0v) is 15.9. The Bertz CT molecular complexity index is 1020. The second-order valence-corrected chi connectivity index (χ2v) is 9.82. The van der Waals surface area contributed by atoms with E-state index in [0.717, 1.165) is 0 Å². The van der Waals surface area contributed by atoms with Gasteiger partial charge < -0.3 is 4.74 Å². The number of nitrogens with one attached hydrogen (secondary N) is 1. The lowest BCUT2D eigenvalue weighted by molar-refractivity contribution is 0.402. The first-order valence-corrected chi connectivity index (χ1v) is 11.2. The van der Waals surface area contributed by atoms with Crippen LogP contribution in [0.5, 0.6) is 5.75 Å². The number of rotatable bonds is 6. The highest BCUT2D eigenvalue weighted by Gasteiger charge is 2.32. The van der Waals surface area contributed by atoms with E-state index in [0.29, 0.717) is 17.9 Å². The minimum absolute atomic E-state index is 0.0252. The van der Waals surface area contributed by atoms with Crippen molar-refractivity contribution in [2.24, 2.45) is 0 Å². The Kier molecular flexibility index (Phi) is 4.99. The van der Waals surface area contributed by atoms with Crippen LogP contribution in [0.3, 0.4) is 0 Å². The Morgan fingerprint density at radius 1 is 1.38 bits per heavy atom. The molecular formula is C14H19N5O5S2. The van der Waals surface area contributed by atoms with Gasteiger partial charge in [-0.05, 0) is 42.0 Å². The van der Waals surface area contributed by atoms with Crippen LogP contribution >= 0.6 is 0 Å². The summed E-state index contributed by atoms with van der Waals surface area (Å²) in [6.07, 6.45) is 0.248. The van der Waals surface area contributed by atoms with Crippen LogP contribution in [0.15, 0.2) is 23.1 Å². The van der Waals surface area contributed by atoms with Gasteiger partial charge >= 0.3 is 0 Å². The highest BCUT2D eigenvalue weighted by molar-refractivity contribution is 7.92. The second kappa shape index (κ2) is 6.93. The van der Waals surface area contributed by atoms with Gasteiger partial charge in [-0.15, -0.1) is 5.10 Å². The van der Waals surface area contributed by atoms with Crippen molar-refractivity contribution in [2.45, 2.75) is 30.8 Å². The van der Waals surface area contributed by atoms with E-state index in [2.05, 4.69) is 20.2 Å². The van der Waals surface area contributed by atoms with Crippen molar-refractivity contribution in [3.05, 3.63) is 18.2 Å². The fraction of sp³-hybridized carbons (Fsp3) is 0.500. The number of sulfonamides is 1. The molecule has 0 unspecified atom stereocenters. The minimum atomic E-state index is -3.99. The molecule has 1 N–H and O–H groups in total. The zero-order chi connectivity index (χ0) is 18.9. The lowest BCUT2D eigenvalue weighted by Gasteiger charge is -2.15. The van der Waals surface area contributed by atoms with Crippen LogP contribution in [0.1, 0.15) is 13.3 Å². The van der Waals surface area contributed by atoms with E-state index < -0.39 is 25.9 Å². The van der Waals surface area contributed by atoms with E-state index in [1.807, 2.05) is 6.92 Å². The van der Waals surface area contributed by atoms with Crippen molar-refractivity contribution in [1.29, 1.82) is 0 Å². The summed E-state index contributed by atoms with van der Waals surface area (Å²) in [6.45, 7) is 2.39. The molecule has 12 heteroatoms. The van der Waals surface area contributed by atoms with E-state index in [1.165, 1.54) is 23.9 Å². The van der Waals surface area contributed by atoms with E-state index in [-0.39, 0.29) is 28.6 Å². The number of tetrazole rings is 1. The molecule has 26 heavy (non-hydrogen) atoms. The predicted molar refractivity (Wildman–Crippen MR) is 92.9 cm³/mol. The second-order valence-electron chi connectivity index (χ2n) is 5.91. The number of aromatic nitrogens is 4. The molecule has 0 aliphatic carbocycles. The van der Waals surface area contributed by atoms with Crippen LogP contribution in [0.2, 0.25) is 0 Å². The predicted octanol–water partition coefficient (Wildman–Crippen LogP) is -0.166. The number of benzene rings is 1. The van der Waals surface area contributed by atoms with Gasteiger partial charge in [0.25, 0.3) is 0 Å². The van der Waals surface area contributed by atoms with Crippen LogP contribution in [-0.2, 0) is 26.4 Å². The Labute approximate surface area is 151 Å². The van der Waals surface area contributed by atoms with Crippen LogP contribution in [0.4, 0.5) is 0 Å². The number of aryl methyl sites for hydroxylation is 1. The largest absolute Gasteiger partial charge is 0.495 e. The zero-order valence-electron chi connectivity index (χ0n) is 14.3. The van der Waals surface area contributed by atoms with Crippen molar-refractivity contribution in [1.82, 2.24) is 24.9 Å². The molecule has 1 fully saturated rings. The molecule has 1 aliphatic heterocycles. The van der Waals surface area contributed by atoms with Gasteiger partial charge in [0.15, 0.2) is 15.7 Å². The molecule has 0 bridgehead atoms. The summed E-state index contributed by atoms with van der Waals surface area (Å²) in [4.78, 5) is -0.0903. The third kappa shape index (κ3) is 3.71. The lowest BCUT2D eigenvalue weighted by atomic mass is 10.2. The third-order valence-corrected chi connectivity index (χ3v) is 7.41. The van der Waals surface area contributed by atoms with Crippen molar-refractivity contribution in [3.63, 3.8) is 0 Å². The smallest absolute Gasteiger partial charge is 0.244 e. The SMILES string of the molecule is CCn1nnnc1-c1ccc(OC)c(S(=O)(=O)N[C@H]2CCS(=O)(=O)C2)c1. The average Bonchev–Trinajstić information content (AvgIpc) is 3.19. The van der Waals surface area contributed by atoms with E-state index in [1.54, 1.807) is 6.07 Å². The molecule has 1 aromatic heterocycles. The molecule has 1 atom stereocenters. The summed E-state index contributed by atoms with van der Waals surface area (Å²) < 4.78 is 58.0. The summed E-state index contributed by atoms with van der Waals surface area (Å²) in [7, 11) is -5.83. The van der Waals surface area contributed by atoms with Gasteiger partial charge in [0.2, 0.25) is 10.0 Å². The maximum absolute atomic E-state index is 12.8. The summed E-state index contributed by atoms with van der Waals surface area (Å²) in [5, 5.41) is 11.4. The molecule has 0 spiro atoms. The Morgan fingerprint density at radius 3 is 2.77 bits per heavy atom. The molecule has 0 radical (unpaired) electrons. The third-order valence-electron chi connectivity index (χ3n) is 4.10. The number of hydrogen-bond donors (Lipinski definition) is 1. The summed E-state index contributed by atoms with van der Waals surface area (Å²) in [5.41, 5.74) is 0.511. The number of sulfone groups is 1. The molecule has 0 amide bonds. The maximum Gasteiger partial charge on any atom is 0.244 e. The quantitative estimate of drug-likeness (QED) is 0.705. The molecule has 1 aliphatic rings. The van der Waals surface area contributed by atoms with Crippen LogP contribution in [-0.4, -0.2) is 61.7 Å². The van der Waals surface area contributed by atoms with E-state index in [4.69, 9.17) is 4.74 Å². The number of ether oxygens (including phenoxy) is 1. The van der Waals surface area contributed by atoms with Crippen LogP contribution in [0.25, 0.3) is 11.4 Å². The monoisotopic (exact) mass is 401 g/mol. The van der Waals surface area contributed by atoms with Crippen molar-refractivity contribution in [2.75, 3.05) is 18.6 Å². The first-order chi connectivity index (χ1) is 12.3. The fourth-order valence-corrected chi connectivity index (χ4v) is 6.07. The molecule has 2 aromatic rings. The van der Waals surface area contributed by atoms with E-state index in [9.17, 15) is 16.8 Å². The molecule has 2 heterocycles. The molecule has 1 aromatic carbocycles. The number of nitrogens with zero attached hydrogens (tertiary/aromatic N) is 4. The number of hydrogen-bond acceptors (Lipinski definition) is 8. The molecule has 1 saturated heterocycles. The summed E-state index contributed by atoms with van der Waals surface area (Å²) in [6, 6.07) is 3.95. The number of methoxy groups -OCH3 is 1. The Balaban J connectivity index is 1.98. The first-order valence-electron chi connectivity index (χ1n) is 7.93. The average molecular weight is 401 g/mol. The molecule has 0 saturated carbocycles. The normalized spacial score (nSPS) is 19.5. The Morgan fingerprint density at radius 2 is 2.15 bits per heavy atom. The van der Waals surface area contributed by atoms with Crippen LogP contribution in [0, 0.1) is 0 Å². The summed E-state index contributed by atoms with van der Waals surface area (Å²) in [5.74, 6) is 0.345.